The molecule has 1 aliphatic carbocycles. The van der Waals surface area contributed by atoms with Gasteiger partial charge in [0.05, 0.1) is 11.4 Å². The number of ether oxygens (including phenoxy) is 2. The van der Waals surface area contributed by atoms with Crippen LogP contribution in [0.2, 0.25) is 5.02 Å². The number of allylic oxidation sites excluding steroid dienone is 1. The molecule has 0 fully saturated rings. The summed E-state index contributed by atoms with van der Waals surface area (Å²) in [6.45, 7) is 3.22. The van der Waals surface area contributed by atoms with Gasteiger partial charge in [0.2, 0.25) is 0 Å². The summed E-state index contributed by atoms with van der Waals surface area (Å²) in [5, 5.41) is 8.54. The van der Waals surface area contributed by atoms with Crippen molar-refractivity contribution in [3.05, 3.63) is 71.0 Å². The number of rotatable bonds is 5. The summed E-state index contributed by atoms with van der Waals surface area (Å²) in [5.41, 5.74) is 2.88. The minimum absolute atomic E-state index is 0.0438. The van der Waals surface area contributed by atoms with Crippen LogP contribution in [0.4, 0.5) is 11.5 Å². The second kappa shape index (κ2) is 12.4. The number of hydrogen-bond donors (Lipinski definition) is 3. The number of fused-ring (bicyclic) bond motifs is 2. The molecule has 0 radical (unpaired) electrons. The van der Waals surface area contributed by atoms with Crippen molar-refractivity contribution < 1.29 is 14.3 Å². The van der Waals surface area contributed by atoms with E-state index in [-0.39, 0.29) is 18.6 Å². The monoisotopic (exact) mass is 551 g/mol. The first-order chi connectivity index (χ1) is 19.0. The van der Waals surface area contributed by atoms with Crippen LogP contribution in [-0.2, 0) is 20.8 Å². The number of nitrogens with zero attached hydrogens (tertiary/aromatic N) is 4. The minimum atomic E-state index is -0.0983. The molecule has 2 bridgehead atoms. The summed E-state index contributed by atoms with van der Waals surface area (Å²) in [5.74, 6) is 1.96. The lowest BCUT2D eigenvalue weighted by molar-refractivity contribution is -0.133. The fourth-order valence-corrected chi connectivity index (χ4v) is 4.84. The topological polar surface area (TPSA) is 108 Å². The van der Waals surface area contributed by atoms with E-state index in [0.717, 1.165) is 47.6 Å². The van der Waals surface area contributed by atoms with E-state index in [1.54, 1.807) is 11.2 Å². The number of amides is 1. The summed E-state index contributed by atoms with van der Waals surface area (Å²) < 4.78 is 12.2. The molecule has 206 valence electrons. The standard InChI is InChI=1S/C28H34ClN7O3/c1-35-11-3-12-36(2)25(37)17-39-24-14-22(34-28-26-19(16-35)15-31-27(26)32-18-33-28)8-9-23(24)38-13-10-30-21-6-4-20(29)5-7-21/h4-9,15,18,22,30H,3,10-14,16-17H2,1-2H3,(H2,31,32,33,34). The van der Waals surface area contributed by atoms with Gasteiger partial charge in [0.25, 0.3) is 5.91 Å². The van der Waals surface area contributed by atoms with Gasteiger partial charge in [-0.1, -0.05) is 17.7 Å². The maximum atomic E-state index is 12.8. The first-order valence-corrected chi connectivity index (χ1v) is 13.5. The lowest BCUT2D eigenvalue weighted by atomic mass is 10.1. The Morgan fingerprint density at radius 3 is 2.90 bits per heavy atom. The Morgan fingerprint density at radius 2 is 2.05 bits per heavy atom. The number of H-pyrrole nitrogens is 1. The van der Waals surface area contributed by atoms with Gasteiger partial charge in [-0.25, -0.2) is 9.97 Å². The summed E-state index contributed by atoms with van der Waals surface area (Å²) in [6.07, 6.45) is 8.86. The molecule has 3 heterocycles. The molecule has 1 amide bonds. The van der Waals surface area contributed by atoms with Crippen molar-refractivity contribution in [1.82, 2.24) is 24.8 Å². The van der Waals surface area contributed by atoms with Crippen molar-refractivity contribution in [2.75, 3.05) is 57.6 Å². The molecule has 3 aromatic rings. The number of halogens is 1. The van der Waals surface area contributed by atoms with Gasteiger partial charge in [0.15, 0.2) is 12.4 Å². The summed E-state index contributed by atoms with van der Waals surface area (Å²) in [6, 6.07) is 7.43. The van der Waals surface area contributed by atoms with Crippen molar-refractivity contribution in [2.45, 2.75) is 25.4 Å². The van der Waals surface area contributed by atoms with Crippen LogP contribution < -0.4 is 10.6 Å². The average molecular weight is 552 g/mol. The van der Waals surface area contributed by atoms with Crippen LogP contribution in [0.5, 0.6) is 0 Å². The number of likely N-dealkylation sites (N-methyl/N-ethyl adjacent to an activating group) is 1. The van der Waals surface area contributed by atoms with Gasteiger partial charge in [-0.15, -0.1) is 0 Å². The molecule has 1 atom stereocenters. The molecule has 1 aromatic carbocycles. The van der Waals surface area contributed by atoms with Crippen LogP contribution in [0.3, 0.4) is 0 Å². The highest BCUT2D eigenvalue weighted by Crippen LogP contribution is 2.29. The van der Waals surface area contributed by atoms with E-state index >= 15 is 0 Å². The molecule has 0 spiro atoms. The van der Waals surface area contributed by atoms with Gasteiger partial charge in [0, 0.05) is 50.0 Å². The summed E-state index contributed by atoms with van der Waals surface area (Å²) >= 11 is 5.97. The first-order valence-electron chi connectivity index (χ1n) is 13.1. The van der Waals surface area contributed by atoms with E-state index in [2.05, 4.69) is 37.5 Å². The second-order valence-corrected chi connectivity index (χ2v) is 10.3. The zero-order valence-corrected chi connectivity index (χ0v) is 23.0. The zero-order chi connectivity index (χ0) is 27.2. The van der Waals surface area contributed by atoms with Crippen LogP contribution in [0.25, 0.3) is 11.0 Å². The van der Waals surface area contributed by atoms with Crippen molar-refractivity contribution >= 4 is 40.0 Å². The molecule has 10 nitrogen and oxygen atoms in total. The minimum Gasteiger partial charge on any atom is -0.488 e. The van der Waals surface area contributed by atoms with E-state index in [1.807, 2.05) is 49.7 Å². The van der Waals surface area contributed by atoms with Crippen LogP contribution in [0, 0.1) is 0 Å². The van der Waals surface area contributed by atoms with Gasteiger partial charge in [-0.3, -0.25) is 4.79 Å². The highest BCUT2D eigenvalue weighted by molar-refractivity contribution is 6.30. The Bertz CT molecular complexity index is 1350. The van der Waals surface area contributed by atoms with Crippen molar-refractivity contribution in [3.63, 3.8) is 0 Å². The van der Waals surface area contributed by atoms with Gasteiger partial charge in [-0.2, -0.15) is 0 Å². The molecule has 0 saturated heterocycles. The van der Waals surface area contributed by atoms with Crippen LogP contribution >= 0.6 is 11.6 Å². The van der Waals surface area contributed by atoms with Crippen LogP contribution in [-0.4, -0.2) is 83.6 Å². The van der Waals surface area contributed by atoms with E-state index in [9.17, 15) is 4.79 Å². The third kappa shape index (κ3) is 6.82. The largest absolute Gasteiger partial charge is 0.488 e. The van der Waals surface area contributed by atoms with Gasteiger partial charge < -0.3 is 34.9 Å². The molecular formula is C28H34ClN7O3. The van der Waals surface area contributed by atoms with E-state index in [4.69, 9.17) is 21.1 Å². The molecular weight excluding hydrogens is 518 g/mol. The van der Waals surface area contributed by atoms with Crippen molar-refractivity contribution in [1.29, 1.82) is 0 Å². The molecule has 11 heteroatoms. The zero-order valence-electron chi connectivity index (χ0n) is 22.2. The number of hydrogen-bond acceptors (Lipinski definition) is 8. The predicted octanol–water partition coefficient (Wildman–Crippen LogP) is 4.00. The average Bonchev–Trinajstić information content (AvgIpc) is 3.34. The summed E-state index contributed by atoms with van der Waals surface area (Å²) in [7, 11) is 3.90. The Hall–Kier alpha value is -3.76. The SMILES string of the molecule is CN1CCCN(C)C(=O)COC2=C(OCCNc3ccc(Cl)cc3)C=CC(C2)Nc2ncnc3[nH]cc(c23)C1. The molecule has 1 aliphatic heterocycles. The number of aromatic amines is 1. The second-order valence-electron chi connectivity index (χ2n) is 9.84. The molecule has 1 unspecified atom stereocenters. The van der Waals surface area contributed by atoms with Gasteiger partial charge >= 0.3 is 0 Å². The van der Waals surface area contributed by atoms with Crippen LogP contribution in [0.15, 0.2) is 60.5 Å². The maximum Gasteiger partial charge on any atom is 0.260 e. The highest BCUT2D eigenvalue weighted by Gasteiger charge is 2.23. The fraction of sp³-hybridized carbons (Fsp3) is 0.393. The molecule has 0 saturated carbocycles. The first kappa shape index (κ1) is 26.8. The lowest BCUT2D eigenvalue weighted by Crippen LogP contribution is -2.33. The smallest absolute Gasteiger partial charge is 0.260 e. The molecule has 2 aromatic heterocycles. The Morgan fingerprint density at radius 1 is 1.21 bits per heavy atom. The number of aromatic nitrogens is 3. The number of carbonyl (C=O) groups is 1. The summed E-state index contributed by atoms with van der Waals surface area (Å²) in [4.78, 5) is 29.0. The number of carbonyl (C=O) groups excluding carboxylic acids is 1. The number of anilines is 2. The van der Waals surface area contributed by atoms with Gasteiger partial charge in [0.1, 0.15) is 30.2 Å². The number of benzene rings is 1. The fourth-order valence-electron chi connectivity index (χ4n) is 4.71. The van der Waals surface area contributed by atoms with Crippen molar-refractivity contribution in [3.8, 4) is 0 Å². The normalized spacial score (nSPS) is 19.1. The van der Waals surface area contributed by atoms with E-state index in [1.165, 1.54) is 0 Å². The molecule has 5 rings (SSSR count). The quantitative estimate of drug-likeness (QED) is 0.408. The third-order valence-electron chi connectivity index (χ3n) is 6.84. The Labute approximate surface area is 233 Å². The molecule has 39 heavy (non-hydrogen) atoms. The van der Waals surface area contributed by atoms with Crippen LogP contribution in [0.1, 0.15) is 18.4 Å². The third-order valence-corrected chi connectivity index (χ3v) is 7.09. The maximum absolute atomic E-state index is 12.8. The molecule has 2 aliphatic rings. The lowest BCUT2D eigenvalue weighted by Gasteiger charge is -2.26. The highest BCUT2D eigenvalue weighted by atomic mass is 35.5. The molecule has 3 N–H and O–H groups in total. The van der Waals surface area contributed by atoms with E-state index < -0.39 is 0 Å². The van der Waals surface area contributed by atoms with Crippen molar-refractivity contribution in [2.24, 2.45) is 0 Å². The predicted molar refractivity (Wildman–Crippen MR) is 153 cm³/mol. The number of nitrogens with one attached hydrogen (secondary N) is 3. The Balaban J connectivity index is 1.33. The Kier molecular flexibility index (Phi) is 8.53. The van der Waals surface area contributed by atoms with Gasteiger partial charge in [-0.05, 0) is 55.9 Å². The van der Waals surface area contributed by atoms with E-state index in [0.29, 0.717) is 42.7 Å².